The van der Waals surface area contributed by atoms with Crippen LogP contribution in [0.15, 0.2) is 18.3 Å². The molecule has 8 heteroatoms. The van der Waals surface area contributed by atoms with Gasteiger partial charge in [0, 0.05) is 0 Å². The first-order valence-corrected chi connectivity index (χ1v) is 4.43. The first-order chi connectivity index (χ1) is 7.87. The van der Waals surface area contributed by atoms with Gasteiger partial charge in [-0.25, -0.2) is 4.98 Å². The Morgan fingerprint density at radius 1 is 1.41 bits per heavy atom. The van der Waals surface area contributed by atoms with E-state index >= 15 is 0 Å². The van der Waals surface area contributed by atoms with Crippen molar-refractivity contribution in [2.45, 2.75) is 6.18 Å². The summed E-state index contributed by atoms with van der Waals surface area (Å²) < 4.78 is 51.5. The number of hydrogen-bond acceptors (Lipinski definition) is 3. The first-order valence-electron chi connectivity index (χ1n) is 4.43. The van der Waals surface area contributed by atoms with Gasteiger partial charge in [0.1, 0.15) is 13.2 Å². The van der Waals surface area contributed by atoms with Crippen LogP contribution in [0.1, 0.15) is 0 Å². The highest BCUT2D eigenvalue weighted by Crippen LogP contribution is 2.14. The number of carbonyl (C=O) groups excluding carboxylic acids is 1. The van der Waals surface area contributed by atoms with Crippen LogP contribution in [-0.2, 0) is 9.53 Å². The number of nitrogens with zero attached hydrogens (tertiary/aromatic N) is 1. The zero-order chi connectivity index (χ0) is 12.9. The third-order valence-corrected chi connectivity index (χ3v) is 1.51. The second-order valence-corrected chi connectivity index (χ2v) is 3.03. The molecular weight excluding hydrogens is 244 g/mol. The molecule has 0 saturated carbocycles. The van der Waals surface area contributed by atoms with Gasteiger partial charge in [0.05, 0.1) is 11.9 Å². The highest BCUT2D eigenvalue weighted by atomic mass is 19.4. The summed E-state index contributed by atoms with van der Waals surface area (Å²) in [6, 6.07) is 2.23. The second kappa shape index (κ2) is 5.58. The Kier molecular flexibility index (Phi) is 4.38. The molecule has 0 aromatic carbocycles. The average molecular weight is 252 g/mol. The number of anilines is 1. The summed E-state index contributed by atoms with van der Waals surface area (Å²) >= 11 is 0. The summed E-state index contributed by atoms with van der Waals surface area (Å²) in [7, 11) is 0. The molecule has 0 aliphatic rings. The van der Waals surface area contributed by atoms with Gasteiger partial charge in [-0.2, -0.15) is 17.6 Å². The molecule has 1 aromatic heterocycles. The quantitative estimate of drug-likeness (QED) is 0.656. The van der Waals surface area contributed by atoms with Crippen molar-refractivity contribution in [3.05, 3.63) is 24.3 Å². The lowest BCUT2D eigenvalue weighted by molar-refractivity contribution is -0.174. The first kappa shape index (κ1) is 13.4. The molecule has 94 valence electrons. The second-order valence-electron chi connectivity index (χ2n) is 3.03. The predicted octanol–water partition coefficient (Wildman–Crippen LogP) is 1.74. The zero-order valence-corrected chi connectivity index (χ0v) is 8.42. The molecule has 1 rings (SSSR count). The molecule has 0 fully saturated rings. The Hall–Kier alpha value is -1.70. The van der Waals surface area contributed by atoms with Crippen molar-refractivity contribution in [3.63, 3.8) is 0 Å². The predicted molar refractivity (Wildman–Crippen MR) is 49.7 cm³/mol. The monoisotopic (exact) mass is 252 g/mol. The number of ether oxygens (including phenoxy) is 1. The minimum atomic E-state index is -4.47. The molecule has 0 radical (unpaired) electrons. The van der Waals surface area contributed by atoms with Crippen molar-refractivity contribution in [2.24, 2.45) is 0 Å². The Labute approximate surface area is 93.6 Å². The minimum absolute atomic E-state index is 0.173. The van der Waals surface area contributed by atoms with E-state index in [9.17, 15) is 22.4 Å². The lowest BCUT2D eigenvalue weighted by Gasteiger charge is -2.07. The Balaban J connectivity index is 2.32. The number of halogens is 4. The Bertz CT molecular complexity index is 378. The van der Waals surface area contributed by atoms with E-state index in [2.05, 4.69) is 15.0 Å². The zero-order valence-electron chi connectivity index (χ0n) is 8.42. The van der Waals surface area contributed by atoms with Crippen LogP contribution in [0.25, 0.3) is 0 Å². The van der Waals surface area contributed by atoms with Crippen LogP contribution in [-0.4, -0.2) is 30.3 Å². The molecule has 0 aliphatic heterocycles. The van der Waals surface area contributed by atoms with E-state index in [4.69, 9.17) is 0 Å². The highest BCUT2D eigenvalue weighted by Gasteiger charge is 2.27. The molecule has 0 atom stereocenters. The highest BCUT2D eigenvalue weighted by molar-refractivity contribution is 5.91. The number of pyridine rings is 1. The normalized spacial score (nSPS) is 11.3. The standard InChI is InChI=1S/C9H8F4N2O2/c10-7-2-1-6(3-14-7)15-8(16)4-17-5-9(11,12)13/h1-3H,4-5H2,(H,15,16). The topological polar surface area (TPSA) is 51.2 Å². The lowest BCUT2D eigenvalue weighted by atomic mass is 10.4. The maximum Gasteiger partial charge on any atom is 0.411 e. The van der Waals surface area contributed by atoms with Crippen LogP contribution in [0.2, 0.25) is 0 Å². The van der Waals surface area contributed by atoms with Gasteiger partial charge in [-0.15, -0.1) is 0 Å². The number of aromatic nitrogens is 1. The Morgan fingerprint density at radius 2 is 2.12 bits per heavy atom. The maximum atomic E-state index is 12.4. The molecule has 0 aliphatic carbocycles. The fourth-order valence-electron chi connectivity index (χ4n) is 0.906. The summed E-state index contributed by atoms with van der Waals surface area (Å²) in [5.74, 6) is -1.50. The summed E-state index contributed by atoms with van der Waals surface area (Å²) in [4.78, 5) is 14.3. The summed E-state index contributed by atoms with van der Waals surface area (Å²) in [5.41, 5.74) is 0.173. The van der Waals surface area contributed by atoms with Gasteiger partial charge in [0.25, 0.3) is 0 Å². The van der Waals surface area contributed by atoms with Crippen LogP contribution in [0.4, 0.5) is 23.2 Å². The van der Waals surface area contributed by atoms with Gasteiger partial charge in [0.2, 0.25) is 11.9 Å². The van der Waals surface area contributed by atoms with Crippen molar-refractivity contribution in [3.8, 4) is 0 Å². The van der Waals surface area contributed by atoms with Crippen LogP contribution < -0.4 is 5.32 Å². The number of alkyl halides is 3. The third-order valence-electron chi connectivity index (χ3n) is 1.51. The molecule has 1 N–H and O–H groups in total. The van der Waals surface area contributed by atoms with Crippen molar-refractivity contribution < 1.29 is 27.1 Å². The number of rotatable bonds is 4. The molecule has 0 spiro atoms. The third kappa shape index (κ3) is 5.81. The average Bonchev–Trinajstić information content (AvgIpc) is 2.19. The van der Waals surface area contributed by atoms with Crippen molar-refractivity contribution in [2.75, 3.05) is 18.5 Å². The fourth-order valence-corrected chi connectivity index (χ4v) is 0.906. The molecule has 1 amide bonds. The van der Waals surface area contributed by atoms with Crippen molar-refractivity contribution >= 4 is 11.6 Å². The van der Waals surface area contributed by atoms with Gasteiger partial charge < -0.3 is 10.1 Å². The molecule has 4 nitrogen and oxygen atoms in total. The molecule has 1 heterocycles. The molecule has 0 unspecified atom stereocenters. The number of nitrogens with one attached hydrogen (secondary N) is 1. The largest absolute Gasteiger partial charge is 0.411 e. The SMILES string of the molecule is O=C(COCC(F)(F)F)Nc1ccc(F)nc1. The van der Waals surface area contributed by atoms with Crippen LogP contribution >= 0.6 is 0 Å². The van der Waals surface area contributed by atoms with E-state index in [-0.39, 0.29) is 5.69 Å². The molecular formula is C9H8F4N2O2. The van der Waals surface area contributed by atoms with Gasteiger partial charge in [0.15, 0.2) is 0 Å². The summed E-state index contributed by atoms with van der Waals surface area (Å²) in [6.07, 6.45) is -3.44. The lowest BCUT2D eigenvalue weighted by Crippen LogP contribution is -2.24. The smallest absolute Gasteiger partial charge is 0.362 e. The maximum absolute atomic E-state index is 12.4. The molecule has 0 bridgehead atoms. The van der Waals surface area contributed by atoms with E-state index in [0.29, 0.717) is 0 Å². The van der Waals surface area contributed by atoms with Gasteiger partial charge >= 0.3 is 6.18 Å². The number of carbonyl (C=O) groups is 1. The summed E-state index contributed by atoms with van der Waals surface area (Å²) in [6.45, 7) is -2.24. The fraction of sp³-hybridized carbons (Fsp3) is 0.333. The van der Waals surface area contributed by atoms with E-state index in [1.54, 1.807) is 0 Å². The number of hydrogen-bond donors (Lipinski definition) is 1. The minimum Gasteiger partial charge on any atom is -0.362 e. The van der Waals surface area contributed by atoms with Gasteiger partial charge in [-0.05, 0) is 12.1 Å². The Morgan fingerprint density at radius 3 is 2.65 bits per heavy atom. The molecule has 1 aromatic rings. The van der Waals surface area contributed by atoms with Crippen LogP contribution in [0, 0.1) is 5.95 Å². The molecule has 17 heavy (non-hydrogen) atoms. The van der Waals surface area contributed by atoms with Gasteiger partial charge in [-0.1, -0.05) is 0 Å². The van der Waals surface area contributed by atoms with Crippen LogP contribution in [0.5, 0.6) is 0 Å². The van der Waals surface area contributed by atoms with E-state index in [1.165, 1.54) is 6.07 Å². The van der Waals surface area contributed by atoms with Crippen molar-refractivity contribution in [1.82, 2.24) is 4.98 Å². The number of amides is 1. The molecule has 0 saturated heterocycles. The van der Waals surface area contributed by atoms with Crippen molar-refractivity contribution in [1.29, 1.82) is 0 Å². The van der Waals surface area contributed by atoms with E-state index in [1.807, 2.05) is 0 Å². The van der Waals surface area contributed by atoms with E-state index < -0.39 is 31.2 Å². The van der Waals surface area contributed by atoms with Crippen LogP contribution in [0.3, 0.4) is 0 Å². The summed E-state index contributed by atoms with van der Waals surface area (Å²) in [5, 5.41) is 2.19. The van der Waals surface area contributed by atoms with E-state index in [0.717, 1.165) is 12.3 Å². The van der Waals surface area contributed by atoms with Gasteiger partial charge in [-0.3, -0.25) is 4.79 Å².